The smallest absolute Gasteiger partial charge is 0.246 e. The molecule has 0 fully saturated rings. The molecule has 0 saturated carbocycles. The van der Waals surface area contributed by atoms with Crippen molar-refractivity contribution in [3.8, 4) is 0 Å². The van der Waals surface area contributed by atoms with Gasteiger partial charge in [-0.1, -0.05) is 30.3 Å². The van der Waals surface area contributed by atoms with Crippen LogP contribution >= 0.6 is 11.3 Å². The first-order valence-electron chi connectivity index (χ1n) is 7.95. The number of nitrogens with zero attached hydrogens (tertiary/aromatic N) is 2. The molecule has 0 spiro atoms. The van der Waals surface area contributed by atoms with Gasteiger partial charge in [0.2, 0.25) is 5.91 Å². The van der Waals surface area contributed by atoms with Gasteiger partial charge in [0.05, 0.1) is 16.8 Å². The van der Waals surface area contributed by atoms with Gasteiger partial charge in [-0.3, -0.25) is 4.79 Å². The average Bonchev–Trinajstić information content (AvgIpc) is 3.22. The largest absolute Gasteiger partial charge is 0.457 e. The van der Waals surface area contributed by atoms with Gasteiger partial charge in [0, 0.05) is 18.5 Å². The van der Waals surface area contributed by atoms with Crippen LogP contribution in [0.25, 0.3) is 27.3 Å². The van der Waals surface area contributed by atoms with Crippen LogP contribution in [0.4, 0.5) is 0 Å². The van der Waals surface area contributed by atoms with Crippen molar-refractivity contribution < 1.29 is 9.21 Å². The Morgan fingerprint density at radius 3 is 2.84 bits per heavy atom. The van der Waals surface area contributed by atoms with Gasteiger partial charge in [-0.2, -0.15) is 0 Å². The van der Waals surface area contributed by atoms with Crippen molar-refractivity contribution in [1.82, 2.24) is 9.88 Å². The molecule has 4 rings (SSSR count). The molecule has 0 radical (unpaired) electrons. The Balaban J connectivity index is 1.46. The van der Waals surface area contributed by atoms with E-state index >= 15 is 0 Å². The molecule has 0 saturated heterocycles. The molecule has 2 aromatic carbocycles. The molecule has 0 aliphatic heterocycles. The van der Waals surface area contributed by atoms with Crippen LogP contribution in [-0.2, 0) is 11.3 Å². The molecular formula is C20H16N2O2S. The van der Waals surface area contributed by atoms with Gasteiger partial charge in [0.1, 0.15) is 16.4 Å². The van der Waals surface area contributed by atoms with Crippen molar-refractivity contribution in [3.05, 3.63) is 71.4 Å². The first kappa shape index (κ1) is 15.6. The second-order valence-corrected chi connectivity index (χ2v) is 6.90. The number of fused-ring (bicyclic) bond motifs is 2. The summed E-state index contributed by atoms with van der Waals surface area (Å²) in [5.74, 6) is 0.586. The standard InChI is InChI=1S/C20H16N2O2S/c1-22(13-19-21-16-7-3-5-9-18(16)25-19)20(23)11-10-15-12-14-6-2-4-8-17(14)24-15/h2-12H,13H2,1H3/b11-10+. The molecule has 25 heavy (non-hydrogen) atoms. The fraction of sp³-hybridized carbons (Fsp3) is 0.100. The molecule has 5 heteroatoms. The van der Waals surface area contributed by atoms with Crippen LogP contribution in [0.15, 0.2) is 65.1 Å². The van der Waals surface area contributed by atoms with Crippen LogP contribution in [0.5, 0.6) is 0 Å². The Kier molecular flexibility index (Phi) is 4.07. The normalized spacial score (nSPS) is 11.6. The third-order valence-corrected chi connectivity index (χ3v) is 4.94. The highest BCUT2D eigenvalue weighted by molar-refractivity contribution is 7.18. The number of thiazole rings is 1. The van der Waals surface area contributed by atoms with Gasteiger partial charge >= 0.3 is 0 Å². The van der Waals surface area contributed by atoms with E-state index in [-0.39, 0.29) is 5.91 Å². The van der Waals surface area contributed by atoms with E-state index in [2.05, 4.69) is 4.98 Å². The summed E-state index contributed by atoms with van der Waals surface area (Å²) < 4.78 is 6.82. The van der Waals surface area contributed by atoms with E-state index < -0.39 is 0 Å². The van der Waals surface area contributed by atoms with Crippen molar-refractivity contribution in [2.45, 2.75) is 6.54 Å². The zero-order valence-corrected chi connectivity index (χ0v) is 14.5. The third-order valence-electron chi connectivity index (χ3n) is 3.92. The van der Waals surface area contributed by atoms with Gasteiger partial charge in [0.15, 0.2) is 0 Å². The lowest BCUT2D eigenvalue weighted by Crippen LogP contribution is -2.23. The van der Waals surface area contributed by atoms with Gasteiger partial charge in [-0.15, -0.1) is 11.3 Å². The molecule has 4 nitrogen and oxygen atoms in total. The fourth-order valence-electron chi connectivity index (χ4n) is 2.63. The van der Waals surface area contributed by atoms with Crippen LogP contribution in [-0.4, -0.2) is 22.8 Å². The summed E-state index contributed by atoms with van der Waals surface area (Å²) in [6, 6.07) is 17.7. The predicted molar refractivity (Wildman–Crippen MR) is 101 cm³/mol. The minimum absolute atomic E-state index is 0.0836. The highest BCUT2D eigenvalue weighted by Crippen LogP contribution is 2.23. The zero-order chi connectivity index (χ0) is 17.2. The molecular weight excluding hydrogens is 332 g/mol. The minimum Gasteiger partial charge on any atom is -0.457 e. The van der Waals surface area contributed by atoms with Crippen molar-refractivity contribution in [1.29, 1.82) is 0 Å². The quantitative estimate of drug-likeness (QED) is 0.502. The second kappa shape index (κ2) is 6.53. The summed E-state index contributed by atoms with van der Waals surface area (Å²) in [6.45, 7) is 0.489. The third kappa shape index (κ3) is 3.32. The summed E-state index contributed by atoms with van der Waals surface area (Å²) >= 11 is 1.61. The van der Waals surface area contributed by atoms with E-state index in [9.17, 15) is 4.79 Å². The van der Waals surface area contributed by atoms with Crippen LogP contribution < -0.4 is 0 Å². The lowest BCUT2D eigenvalue weighted by molar-refractivity contribution is -0.125. The minimum atomic E-state index is -0.0836. The SMILES string of the molecule is CN(Cc1nc2ccccc2s1)C(=O)/C=C/c1cc2ccccc2o1. The van der Waals surface area contributed by atoms with Crippen molar-refractivity contribution in [3.63, 3.8) is 0 Å². The molecule has 2 heterocycles. The molecule has 0 N–H and O–H groups in total. The van der Waals surface area contributed by atoms with E-state index in [0.29, 0.717) is 12.3 Å². The van der Waals surface area contributed by atoms with E-state index in [1.54, 1.807) is 29.4 Å². The molecule has 0 aliphatic rings. The van der Waals surface area contributed by atoms with Crippen LogP contribution in [0.3, 0.4) is 0 Å². The number of likely N-dealkylation sites (N-methyl/N-ethyl adjacent to an activating group) is 1. The van der Waals surface area contributed by atoms with Crippen molar-refractivity contribution in [2.75, 3.05) is 7.05 Å². The number of hydrogen-bond donors (Lipinski definition) is 0. The molecule has 4 aromatic rings. The van der Waals surface area contributed by atoms with Crippen molar-refractivity contribution >= 4 is 44.5 Å². The Bertz CT molecular complexity index is 1010. The van der Waals surface area contributed by atoms with E-state index in [0.717, 1.165) is 26.2 Å². The van der Waals surface area contributed by atoms with Crippen LogP contribution in [0.1, 0.15) is 10.8 Å². The molecule has 0 atom stereocenters. The summed E-state index contributed by atoms with van der Waals surface area (Å²) in [6.07, 6.45) is 3.24. The predicted octanol–water partition coefficient (Wildman–Crippen LogP) is 4.71. The Labute approximate surface area is 149 Å². The monoisotopic (exact) mass is 348 g/mol. The summed E-state index contributed by atoms with van der Waals surface area (Å²) in [7, 11) is 1.78. The Morgan fingerprint density at radius 1 is 1.20 bits per heavy atom. The summed E-state index contributed by atoms with van der Waals surface area (Å²) in [5, 5.41) is 1.95. The highest BCUT2D eigenvalue weighted by atomic mass is 32.1. The van der Waals surface area contributed by atoms with E-state index in [1.165, 1.54) is 6.08 Å². The van der Waals surface area contributed by atoms with Gasteiger partial charge in [-0.25, -0.2) is 4.98 Å². The maximum Gasteiger partial charge on any atom is 0.246 e. The van der Waals surface area contributed by atoms with Gasteiger partial charge < -0.3 is 9.32 Å². The van der Waals surface area contributed by atoms with Gasteiger partial charge in [-0.05, 0) is 30.3 Å². The number of furan rings is 1. The Hall–Kier alpha value is -2.92. The highest BCUT2D eigenvalue weighted by Gasteiger charge is 2.10. The summed E-state index contributed by atoms with van der Waals surface area (Å²) in [4.78, 5) is 18.5. The fourth-order valence-corrected chi connectivity index (χ4v) is 3.65. The Morgan fingerprint density at radius 2 is 2.00 bits per heavy atom. The van der Waals surface area contributed by atoms with E-state index in [4.69, 9.17) is 4.42 Å². The number of carbonyl (C=O) groups excluding carboxylic acids is 1. The van der Waals surface area contributed by atoms with Crippen molar-refractivity contribution in [2.24, 2.45) is 0 Å². The molecule has 124 valence electrons. The second-order valence-electron chi connectivity index (χ2n) is 5.79. The first-order chi connectivity index (χ1) is 12.2. The number of hydrogen-bond acceptors (Lipinski definition) is 4. The molecule has 0 bridgehead atoms. The molecule has 2 aromatic heterocycles. The number of benzene rings is 2. The van der Waals surface area contributed by atoms with Gasteiger partial charge in [0.25, 0.3) is 0 Å². The average molecular weight is 348 g/mol. The first-order valence-corrected chi connectivity index (χ1v) is 8.77. The molecule has 0 unspecified atom stereocenters. The van der Waals surface area contributed by atoms with E-state index in [1.807, 2.05) is 54.6 Å². The topological polar surface area (TPSA) is 46.3 Å². The maximum absolute atomic E-state index is 12.3. The zero-order valence-electron chi connectivity index (χ0n) is 13.7. The summed E-state index contributed by atoms with van der Waals surface area (Å²) in [5.41, 5.74) is 1.79. The number of aromatic nitrogens is 1. The lowest BCUT2D eigenvalue weighted by Gasteiger charge is -2.12. The number of amides is 1. The lowest BCUT2D eigenvalue weighted by atomic mass is 10.2. The maximum atomic E-state index is 12.3. The van der Waals surface area contributed by atoms with Crippen LogP contribution in [0, 0.1) is 0 Å². The molecule has 1 amide bonds. The number of carbonyl (C=O) groups is 1. The molecule has 0 aliphatic carbocycles. The number of para-hydroxylation sites is 2. The number of rotatable bonds is 4. The van der Waals surface area contributed by atoms with Crippen LogP contribution in [0.2, 0.25) is 0 Å².